The number of thiophene rings is 1. The summed E-state index contributed by atoms with van der Waals surface area (Å²) in [5, 5.41) is 2.38. The zero-order chi connectivity index (χ0) is 12.3. The molecule has 4 nitrogen and oxygen atoms in total. The molecule has 0 aliphatic heterocycles. The molecule has 0 aliphatic carbocycles. The first-order valence-corrected chi connectivity index (χ1v) is 6.26. The van der Waals surface area contributed by atoms with Crippen LogP contribution in [0.2, 0.25) is 5.15 Å². The van der Waals surface area contributed by atoms with Crippen molar-refractivity contribution in [3.8, 4) is 5.75 Å². The summed E-state index contributed by atoms with van der Waals surface area (Å²) in [5.74, 6) is 1.20. The molecule has 0 spiro atoms. The molecule has 2 heterocycles. The quantitative estimate of drug-likeness (QED) is 0.800. The molecule has 0 amide bonds. The summed E-state index contributed by atoms with van der Waals surface area (Å²) in [6, 6.07) is 4.11. The van der Waals surface area contributed by atoms with Crippen molar-refractivity contribution in [2.24, 2.45) is 0 Å². The molecule has 0 N–H and O–H groups in total. The maximum Gasteiger partial charge on any atom is 0.199 e. The second kappa shape index (κ2) is 5.33. The highest BCUT2D eigenvalue weighted by Gasteiger charge is 2.14. The van der Waals surface area contributed by atoms with Crippen LogP contribution in [-0.4, -0.2) is 24.1 Å². The second-order valence-electron chi connectivity index (χ2n) is 3.46. The Balaban J connectivity index is 2.24. The van der Waals surface area contributed by atoms with Crippen LogP contribution >= 0.6 is 22.9 Å². The largest absolute Gasteiger partial charge is 0.490 e. The van der Waals surface area contributed by atoms with Gasteiger partial charge >= 0.3 is 0 Å². The van der Waals surface area contributed by atoms with Gasteiger partial charge in [-0.3, -0.25) is 0 Å². The Labute approximate surface area is 109 Å². The highest BCUT2D eigenvalue weighted by atomic mass is 35.5. The van der Waals surface area contributed by atoms with Gasteiger partial charge in [0, 0.05) is 11.9 Å². The number of aromatic nitrogens is 2. The Morgan fingerprint density at radius 3 is 2.94 bits per heavy atom. The molecule has 90 valence electrons. The molecular weight excluding hydrogens is 258 g/mol. The molecule has 2 aromatic rings. The lowest BCUT2D eigenvalue weighted by atomic mass is 10.4. The van der Waals surface area contributed by atoms with E-state index in [-0.39, 0.29) is 0 Å². The molecule has 0 unspecified atom stereocenters. The third-order valence-corrected chi connectivity index (χ3v) is 3.41. The third kappa shape index (κ3) is 2.68. The molecule has 17 heavy (non-hydrogen) atoms. The van der Waals surface area contributed by atoms with E-state index in [4.69, 9.17) is 16.3 Å². The molecule has 0 saturated carbocycles. The molecule has 2 rings (SSSR count). The minimum atomic E-state index is 0.329. The summed E-state index contributed by atoms with van der Waals surface area (Å²) in [6.45, 7) is 0.765. The van der Waals surface area contributed by atoms with Crippen LogP contribution in [0.3, 0.4) is 0 Å². The number of ether oxygens (including phenoxy) is 1. The predicted octanol–water partition coefficient (Wildman–Crippen LogP) is 2.84. The van der Waals surface area contributed by atoms with Crippen molar-refractivity contribution in [2.75, 3.05) is 19.1 Å². The number of hydrogen-bond donors (Lipinski definition) is 0. The van der Waals surface area contributed by atoms with E-state index in [1.54, 1.807) is 18.4 Å². The first-order chi connectivity index (χ1) is 8.22. The van der Waals surface area contributed by atoms with Gasteiger partial charge in [-0.1, -0.05) is 17.7 Å². The van der Waals surface area contributed by atoms with E-state index in [1.807, 2.05) is 23.4 Å². The maximum atomic E-state index is 5.96. The number of anilines is 1. The van der Waals surface area contributed by atoms with Crippen LogP contribution in [-0.2, 0) is 6.54 Å². The van der Waals surface area contributed by atoms with Crippen molar-refractivity contribution in [1.29, 1.82) is 0 Å². The van der Waals surface area contributed by atoms with E-state index in [2.05, 4.69) is 16.0 Å². The summed E-state index contributed by atoms with van der Waals surface area (Å²) in [4.78, 5) is 11.3. The van der Waals surface area contributed by atoms with Gasteiger partial charge in [-0.05, 0) is 11.4 Å². The van der Waals surface area contributed by atoms with E-state index >= 15 is 0 Å². The van der Waals surface area contributed by atoms with Crippen molar-refractivity contribution in [1.82, 2.24) is 9.97 Å². The van der Waals surface area contributed by atoms with Crippen LogP contribution in [0.1, 0.15) is 4.88 Å². The molecule has 0 atom stereocenters. The topological polar surface area (TPSA) is 38.3 Å². The van der Waals surface area contributed by atoms with Gasteiger partial charge in [0.1, 0.15) is 6.33 Å². The number of halogens is 1. The fourth-order valence-corrected chi connectivity index (χ4v) is 2.46. The molecule has 0 aromatic carbocycles. The SMILES string of the molecule is COc1c(Cl)ncnc1N(C)Cc1cccs1. The Bertz CT molecular complexity index is 489. The molecule has 0 radical (unpaired) electrons. The average molecular weight is 270 g/mol. The number of nitrogens with zero attached hydrogens (tertiary/aromatic N) is 3. The summed E-state index contributed by atoms with van der Waals surface area (Å²) in [5.41, 5.74) is 0. The second-order valence-corrected chi connectivity index (χ2v) is 4.85. The Morgan fingerprint density at radius 1 is 1.47 bits per heavy atom. The fraction of sp³-hybridized carbons (Fsp3) is 0.273. The lowest BCUT2D eigenvalue weighted by molar-refractivity contribution is 0.411. The molecular formula is C11H12ClN3OS. The van der Waals surface area contributed by atoms with Gasteiger partial charge in [-0.2, -0.15) is 0 Å². The Kier molecular flexibility index (Phi) is 3.81. The van der Waals surface area contributed by atoms with Crippen LogP contribution in [0.25, 0.3) is 0 Å². The minimum absolute atomic E-state index is 0.329. The number of methoxy groups -OCH3 is 1. The van der Waals surface area contributed by atoms with E-state index in [9.17, 15) is 0 Å². The van der Waals surface area contributed by atoms with Crippen molar-refractivity contribution in [3.63, 3.8) is 0 Å². The normalized spacial score (nSPS) is 10.3. The monoisotopic (exact) mass is 269 g/mol. The maximum absolute atomic E-state index is 5.96. The number of rotatable bonds is 4. The van der Waals surface area contributed by atoms with Gasteiger partial charge in [0.05, 0.1) is 13.7 Å². The van der Waals surface area contributed by atoms with Crippen molar-refractivity contribution >= 4 is 28.8 Å². The predicted molar refractivity (Wildman–Crippen MR) is 70.0 cm³/mol. The summed E-state index contributed by atoms with van der Waals surface area (Å²) in [6.07, 6.45) is 1.44. The summed E-state index contributed by atoms with van der Waals surface area (Å²) >= 11 is 7.66. The summed E-state index contributed by atoms with van der Waals surface area (Å²) in [7, 11) is 3.51. The first-order valence-electron chi connectivity index (χ1n) is 5.00. The van der Waals surface area contributed by atoms with Crippen molar-refractivity contribution < 1.29 is 4.74 Å². The zero-order valence-corrected chi connectivity index (χ0v) is 11.1. The fourth-order valence-electron chi connectivity index (χ4n) is 1.50. The van der Waals surface area contributed by atoms with E-state index < -0.39 is 0 Å². The van der Waals surface area contributed by atoms with E-state index in [0.717, 1.165) is 6.54 Å². The van der Waals surface area contributed by atoms with Crippen LogP contribution < -0.4 is 9.64 Å². The zero-order valence-electron chi connectivity index (χ0n) is 9.55. The van der Waals surface area contributed by atoms with Crippen molar-refractivity contribution in [2.45, 2.75) is 6.54 Å². The highest BCUT2D eigenvalue weighted by molar-refractivity contribution is 7.09. The molecule has 0 saturated heterocycles. The van der Waals surface area contributed by atoms with E-state index in [0.29, 0.717) is 16.7 Å². The van der Waals surface area contributed by atoms with Gasteiger partial charge in [-0.15, -0.1) is 11.3 Å². The standard InChI is InChI=1S/C11H12ClN3OS/c1-15(6-8-4-3-5-17-8)11-9(16-2)10(12)13-7-14-11/h3-5,7H,6H2,1-2H3. The van der Waals surface area contributed by atoms with Crippen molar-refractivity contribution in [3.05, 3.63) is 33.9 Å². The Hall–Kier alpha value is -1.33. The van der Waals surface area contributed by atoms with Gasteiger partial charge in [0.15, 0.2) is 16.7 Å². The van der Waals surface area contributed by atoms with Gasteiger partial charge < -0.3 is 9.64 Å². The van der Waals surface area contributed by atoms with E-state index in [1.165, 1.54) is 11.2 Å². The lowest BCUT2D eigenvalue weighted by Gasteiger charge is -2.19. The molecule has 0 fully saturated rings. The average Bonchev–Trinajstić information content (AvgIpc) is 2.81. The highest BCUT2D eigenvalue weighted by Crippen LogP contribution is 2.31. The third-order valence-electron chi connectivity index (χ3n) is 2.28. The van der Waals surface area contributed by atoms with Crippen LogP contribution in [0, 0.1) is 0 Å². The smallest absolute Gasteiger partial charge is 0.199 e. The van der Waals surface area contributed by atoms with Crippen LogP contribution in [0.5, 0.6) is 5.75 Å². The molecule has 6 heteroatoms. The molecule has 0 bridgehead atoms. The molecule has 2 aromatic heterocycles. The first kappa shape index (κ1) is 12.1. The number of hydrogen-bond acceptors (Lipinski definition) is 5. The summed E-state index contributed by atoms with van der Waals surface area (Å²) < 4.78 is 5.22. The molecule has 0 aliphatic rings. The van der Waals surface area contributed by atoms with Gasteiger partial charge in [-0.25, -0.2) is 9.97 Å². The lowest BCUT2D eigenvalue weighted by Crippen LogP contribution is -2.18. The van der Waals surface area contributed by atoms with Gasteiger partial charge in [0.2, 0.25) is 0 Å². The van der Waals surface area contributed by atoms with Gasteiger partial charge in [0.25, 0.3) is 0 Å². The minimum Gasteiger partial charge on any atom is -0.490 e. The van der Waals surface area contributed by atoms with Crippen LogP contribution in [0.4, 0.5) is 5.82 Å². The van der Waals surface area contributed by atoms with Crippen LogP contribution in [0.15, 0.2) is 23.8 Å². The Morgan fingerprint density at radius 2 is 2.29 bits per heavy atom.